The minimum atomic E-state index is -0.513. The van der Waals surface area contributed by atoms with Gasteiger partial charge in [0.15, 0.2) is 0 Å². The van der Waals surface area contributed by atoms with Crippen molar-refractivity contribution in [2.45, 2.75) is 25.4 Å². The molecule has 1 aromatic carbocycles. The first-order valence-electron chi connectivity index (χ1n) is 5.75. The van der Waals surface area contributed by atoms with Crippen molar-refractivity contribution in [2.75, 3.05) is 13.7 Å². The first-order valence-corrected chi connectivity index (χ1v) is 5.75. The minimum absolute atomic E-state index is 0.0303. The van der Waals surface area contributed by atoms with E-state index < -0.39 is 6.04 Å². The number of hydrogen-bond donors (Lipinski definition) is 2. The minimum Gasteiger partial charge on any atom is -0.385 e. The molecular weight excluding hydrogens is 216 g/mol. The molecule has 0 radical (unpaired) electrons. The number of nitrogens with one attached hydrogen (secondary N) is 1. The topological polar surface area (TPSA) is 64.3 Å². The second kappa shape index (κ2) is 7.04. The van der Waals surface area contributed by atoms with Gasteiger partial charge in [0.05, 0.1) is 12.1 Å². The fourth-order valence-corrected chi connectivity index (χ4v) is 1.52. The summed E-state index contributed by atoms with van der Waals surface area (Å²) >= 11 is 0. The molecule has 0 aliphatic heterocycles. The Bertz CT molecular complexity index is 341. The number of ether oxygens (including phenoxy) is 1. The molecule has 4 heteroatoms. The van der Waals surface area contributed by atoms with E-state index in [-0.39, 0.29) is 11.9 Å². The van der Waals surface area contributed by atoms with Crippen LogP contribution in [0.25, 0.3) is 0 Å². The van der Waals surface area contributed by atoms with E-state index in [0.717, 1.165) is 5.56 Å². The van der Waals surface area contributed by atoms with Gasteiger partial charge < -0.3 is 15.8 Å². The highest BCUT2D eigenvalue weighted by atomic mass is 16.5. The van der Waals surface area contributed by atoms with Gasteiger partial charge in [0.2, 0.25) is 5.91 Å². The largest absolute Gasteiger partial charge is 0.385 e. The summed E-state index contributed by atoms with van der Waals surface area (Å²) in [5.74, 6) is -0.140. The summed E-state index contributed by atoms with van der Waals surface area (Å²) in [5, 5.41) is 2.89. The van der Waals surface area contributed by atoms with Crippen LogP contribution >= 0.6 is 0 Å². The zero-order valence-electron chi connectivity index (χ0n) is 10.3. The maximum Gasteiger partial charge on any atom is 0.237 e. The molecule has 0 fully saturated rings. The second-order valence-electron chi connectivity index (χ2n) is 4.03. The van der Waals surface area contributed by atoms with Crippen LogP contribution in [0.3, 0.4) is 0 Å². The van der Waals surface area contributed by atoms with Gasteiger partial charge in [-0.3, -0.25) is 4.79 Å². The van der Waals surface area contributed by atoms with E-state index in [1.54, 1.807) is 7.11 Å². The third kappa shape index (κ3) is 4.54. The highest BCUT2D eigenvalue weighted by Crippen LogP contribution is 2.11. The second-order valence-corrected chi connectivity index (χ2v) is 4.03. The maximum atomic E-state index is 11.7. The van der Waals surface area contributed by atoms with E-state index in [0.29, 0.717) is 13.0 Å². The van der Waals surface area contributed by atoms with Crippen LogP contribution in [-0.2, 0) is 9.53 Å². The van der Waals surface area contributed by atoms with Crippen molar-refractivity contribution in [2.24, 2.45) is 5.73 Å². The number of amides is 1. The Morgan fingerprint density at radius 3 is 2.65 bits per heavy atom. The molecule has 0 spiro atoms. The molecule has 2 atom stereocenters. The van der Waals surface area contributed by atoms with Crippen LogP contribution < -0.4 is 11.1 Å². The average Bonchev–Trinajstić information content (AvgIpc) is 2.36. The number of carbonyl (C=O) groups excluding carboxylic acids is 1. The van der Waals surface area contributed by atoms with E-state index in [4.69, 9.17) is 10.5 Å². The molecule has 0 aliphatic carbocycles. The van der Waals surface area contributed by atoms with Crippen LogP contribution in [0.5, 0.6) is 0 Å². The molecule has 4 nitrogen and oxygen atoms in total. The van der Waals surface area contributed by atoms with Gasteiger partial charge in [-0.2, -0.15) is 0 Å². The lowest BCUT2D eigenvalue weighted by molar-refractivity contribution is -0.123. The quantitative estimate of drug-likeness (QED) is 0.780. The molecule has 3 N–H and O–H groups in total. The van der Waals surface area contributed by atoms with Crippen LogP contribution in [0, 0.1) is 0 Å². The molecule has 0 heterocycles. The summed E-state index contributed by atoms with van der Waals surface area (Å²) in [6.07, 6.45) is 0.532. The van der Waals surface area contributed by atoms with E-state index in [1.165, 1.54) is 0 Å². The Kier molecular flexibility index (Phi) is 5.66. The van der Waals surface area contributed by atoms with Gasteiger partial charge in [-0.05, 0) is 18.9 Å². The average molecular weight is 236 g/mol. The van der Waals surface area contributed by atoms with Gasteiger partial charge in [0.25, 0.3) is 0 Å². The molecular formula is C13H20N2O2. The van der Waals surface area contributed by atoms with Crippen LogP contribution in [0.2, 0.25) is 0 Å². The van der Waals surface area contributed by atoms with E-state index in [9.17, 15) is 4.79 Å². The Morgan fingerprint density at radius 1 is 1.41 bits per heavy atom. The number of hydrogen-bond acceptors (Lipinski definition) is 3. The summed E-state index contributed by atoms with van der Waals surface area (Å²) in [4.78, 5) is 11.7. The summed E-state index contributed by atoms with van der Waals surface area (Å²) in [7, 11) is 1.59. The highest BCUT2D eigenvalue weighted by molar-refractivity contribution is 5.81. The summed E-state index contributed by atoms with van der Waals surface area (Å²) < 4.78 is 4.89. The van der Waals surface area contributed by atoms with Crippen LogP contribution in [-0.4, -0.2) is 25.7 Å². The van der Waals surface area contributed by atoms with E-state index in [1.807, 2.05) is 37.3 Å². The van der Waals surface area contributed by atoms with Crippen molar-refractivity contribution in [1.82, 2.24) is 5.32 Å². The predicted molar refractivity (Wildman–Crippen MR) is 67.5 cm³/mol. The molecule has 1 rings (SSSR count). The lowest BCUT2D eigenvalue weighted by Gasteiger charge is -2.17. The summed E-state index contributed by atoms with van der Waals surface area (Å²) in [6, 6.07) is 9.25. The zero-order valence-corrected chi connectivity index (χ0v) is 10.3. The lowest BCUT2D eigenvalue weighted by Crippen LogP contribution is -2.42. The smallest absolute Gasteiger partial charge is 0.237 e. The Balaban J connectivity index is 2.46. The van der Waals surface area contributed by atoms with E-state index in [2.05, 4.69) is 5.32 Å². The van der Waals surface area contributed by atoms with Gasteiger partial charge in [-0.1, -0.05) is 30.3 Å². The third-order valence-corrected chi connectivity index (χ3v) is 2.63. The molecule has 1 unspecified atom stereocenters. The molecule has 0 saturated heterocycles. The van der Waals surface area contributed by atoms with Crippen molar-refractivity contribution in [3.05, 3.63) is 35.9 Å². The summed E-state index contributed by atoms with van der Waals surface area (Å²) in [5.41, 5.74) is 6.81. The van der Waals surface area contributed by atoms with Crippen molar-refractivity contribution >= 4 is 5.91 Å². The Hall–Kier alpha value is -1.39. The molecule has 1 aromatic rings. The van der Waals surface area contributed by atoms with Crippen molar-refractivity contribution < 1.29 is 9.53 Å². The van der Waals surface area contributed by atoms with Crippen molar-refractivity contribution in [3.63, 3.8) is 0 Å². The highest BCUT2D eigenvalue weighted by Gasteiger charge is 2.15. The first kappa shape index (κ1) is 13.7. The monoisotopic (exact) mass is 236 g/mol. The fraction of sp³-hybridized carbons (Fsp3) is 0.462. The maximum absolute atomic E-state index is 11.7. The third-order valence-electron chi connectivity index (χ3n) is 2.63. The summed E-state index contributed by atoms with van der Waals surface area (Å²) in [6.45, 7) is 2.44. The lowest BCUT2D eigenvalue weighted by atomic mass is 10.1. The normalized spacial score (nSPS) is 14.1. The Labute approximate surface area is 102 Å². The van der Waals surface area contributed by atoms with Crippen LogP contribution in [0.15, 0.2) is 30.3 Å². The first-order chi connectivity index (χ1) is 8.15. The fourth-order valence-electron chi connectivity index (χ4n) is 1.52. The molecule has 0 bridgehead atoms. The van der Waals surface area contributed by atoms with E-state index >= 15 is 0 Å². The number of benzene rings is 1. The number of methoxy groups -OCH3 is 1. The molecule has 94 valence electrons. The van der Waals surface area contributed by atoms with Gasteiger partial charge in [-0.15, -0.1) is 0 Å². The Morgan fingerprint density at radius 2 is 2.06 bits per heavy atom. The molecule has 0 aliphatic rings. The van der Waals surface area contributed by atoms with Crippen molar-refractivity contribution in [3.8, 4) is 0 Å². The zero-order chi connectivity index (χ0) is 12.7. The molecule has 0 aromatic heterocycles. The number of carbonyl (C=O) groups is 1. The van der Waals surface area contributed by atoms with Gasteiger partial charge in [0, 0.05) is 13.7 Å². The predicted octanol–water partition coefficient (Wildman–Crippen LogP) is 1.23. The van der Waals surface area contributed by atoms with Gasteiger partial charge in [-0.25, -0.2) is 0 Å². The number of nitrogens with two attached hydrogens (primary N) is 1. The SMILES string of the molecule is COCCC(N)C(=O)N[C@@H](C)c1ccccc1. The standard InChI is InChI=1S/C13H20N2O2/c1-10(11-6-4-3-5-7-11)15-13(16)12(14)8-9-17-2/h3-7,10,12H,8-9,14H2,1-2H3,(H,15,16)/t10-,12?/m0/s1. The number of rotatable bonds is 6. The molecule has 17 heavy (non-hydrogen) atoms. The van der Waals surface area contributed by atoms with Crippen molar-refractivity contribution in [1.29, 1.82) is 0 Å². The molecule has 0 saturated carbocycles. The van der Waals surface area contributed by atoms with Gasteiger partial charge >= 0.3 is 0 Å². The van der Waals surface area contributed by atoms with Crippen LogP contribution in [0.4, 0.5) is 0 Å². The van der Waals surface area contributed by atoms with Crippen LogP contribution in [0.1, 0.15) is 24.9 Å². The van der Waals surface area contributed by atoms with Gasteiger partial charge in [0.1, 0.15) is 0 Å². The molecule has 1 amide bonds.